The number of benzene rings is 1. The van der Waals surface area contributed by atoms with Crippen molar-refractivity contribution in [3.05, 3.63) is 48.2 Å². The van der Waals surface area contributed by atoms with Crippen molar-refractivity contribution in [3.63, 3.8) is 0 Å². The van der Waals surface area contributed by atoms with Crippen molar-refractivity contribution in [2.24, 2.45) is 5.92 Å². The van der Waals surface area contributed by atoms with E-state index in [1.807, 2.05) is 12.1 Å². The highest BCUT2D eigenvalue weighted by molar-refractivity contribution is 7.88. The molecule has 6 heteroatoms. The summed E-state index contributed by atoms with van der Waals surface area (Å²) in [5.74, 6) is 1.31. The van der Waals surface area contributed by atoms with Crippen LogP contribution in [0.4, 0.5) is 0 Å². The molecule has 2 bridgehead atoms. The van der Waals surface area contributed by atoms with E-state index in [2.05, 4.69) is 29.2 Å². The van der Waals surface area contributed by atoms with Gasteiger partial charge in [-0.1, -0.05) is 18.2 Å². The standard InChI is InChI=1S/C19H24N2O3S/c1-25(22,23)21-13-16-7-8-18(14-21)20(12-16)11-15-4-2-5-17(10-15)19-6-3-9-24-19/h2-6,9-10,16,18H,7-8,11-14H2,1H3. The Bertz CT molecular complexity index is 832. The van der Waals surface area contributed by atoms with Gasteiger partial charge in [-0.25, -0.2) is 12.7 Å². The van der Waals surface area contributed by atoms with Gasteiger partial charge in [0, 0.05) is 37.8 Å². The molecular weight excluding hydrogens is 336 g/mol. The van der Waals surface area contributed by atoms with Crippen LogP contribution in [0.15, 0.2) is 47.1 Å². The van der Waals surface area contributed by atoms with E-state index >= 15 is 0 Å². The molecule has 2 unspecified atom stereocenters. The maximum atomic E-state index is 12.0. The molecule has 25 heavy (non-hydrogen) atoms. The number of hydrogen-bond donors (Lipinski definition) is 0. The molecule has 2 atom stereocenters. The summed E-state index contributed by atoms with van der Waals surface area (Å²) in [5.41, 5.74) is 2.33. The zero-order valence-electron chi connectivity index (χ0n) is 14.5. The quantitative estimate of drug-likeness (QED) is 0.841. The minimum Gasteiger partial charge on any atom is -0.464 e. The van der Waals surface area contributed by atoms with Crippen molar-refractivity contribution in [2.45, 2.75) is 25.4 Å². The lowest BCUT2D eigenvalue weighted by atomic mass is 9.94. The first-order chi connectivity index (χ1) is 12.0. The van der Waals surface area contributed by atoms with Gasteiger partial charge in [0.15, 0.2) is 0 Å². The molecule has 3 aliphatic heterocycles. The van der Waals surface area contributed by atoms with Gasteiger partial charge in [-0.3, -0.25) is 4.90 Å². The third-order valence-electron chi connectivity index (χ3n) is 5.38. The van der Waals surface area contributed by atoms with Gasteiger partial charge in [-0.15, -0.1) is 0 Å². The third kappa shape index (κ3) is 3.66. The Hall–Kier alpha value is -1.63. The van der Waals surface area contributed by atoms with Crippen LogP contribution >= 0.6 is 0 Å². The van der Waals surface area contributed by atoms with Crippen molar-refractivity contribution < 1.29 is 12.8 Å². The van der Waals surface area contributed by atoms with Crippen LogP contribution in [0.1, 0.15) is 18.4 Å². The van der Waals surface area contributed by atoms with Crippen molar-refractivity contribution in [2.75, 3.05) is 25.9 Å². The Labute approximate surface area is 149 Å². The van der Waals surface area contributed by atoms with Crippen molar-refractivity contribution in [3.8, 4) is 11.3 Å². The molecule has 0 radical (unpaired) electrons. The predicted molar refractivity (Wildman–Crippen MR) is 97.5 cm³/mol. The van der Waals surface area contributed by atoms with E-state index < -0.39 is 10.0 Å². The molecular formula is C19H24N2O3S. The normalized spacial score (nSPS) is 25.2. The maximum Gasteiger partial charge on any atom is 0.211 e. The smallest absolute Gasteiger partial charge is 0.211 e. The van der Waals surface area contributed by atoms with E-state index in [1.165, 1.54) is 11.8 Å². The van der Waals surface area contributed by atoms with Crippen LogP contribution in [0.25, 0.3) is 11.3 Å². The van der Waals surface area contributed by atoms with Crippen LogP contribution in [0, 0.1) is 5.92 Å². The van der Waals surface area contributed by atoms with Gasteiger partial charge in [0.05, 0.1) is 12.5 Å². The van der Waals surface area contributed by atoms with Crippen LogP contribution in [0.3, 0.4) is 0 Å². The molecule has 4 heterocycles. The van der Waals surface area contributed by atoms with Gasteiger partial charge < -0.3 is 4.42 Å². The zero-order chi connectivity index (χ0) is 17.4. The largest absolute Gasteiger partial charge is 0.464 e. The average Bonchev–Trinajstić information content (AvgIpc) is 2.95. The lowest BCUT2D eigenvalue weighted by Gasteiger charge is -2.36. The number of piperidine rings is 1. The summed E-state index contributed by atoms with van der Waals surface area (Å²) in [4.78, 5) is 2.46. The van der Waals surface area contributed by atoms with E-state index in [4.69, 9.17) is 4.42 Å². The fourth-order valence-electron chi connectivity index (χ4n) is 4.10. The van der Waals surface area contributed by atoms with E-state index in [0.717, 1.165) is 37.3 Å². The first kappa shape index (κ1) is 16.8. The van der Waals surface area contributed by atoms with Crippen LogP contribution in [-0.4, -0.2) is 49.6 Å². The SMILES string of the molecule is CS(=O)(=O)N1CC2CCC(C1)N(Cc1cccc(-c3ccco3)c1)C2. The molecule has 5 rings (SSSR count). The summed E-state index contributed by atoms with van der Waals surface area (Å²) in [5, 5.41) is 0. The van der Waals surface area contributed by atoms with Gasteiger partial charge >= 0.3 is 0 Å². The number of furan rings is 1. The average molecular weight is 360 g/mol. The van der Waals surface area contributed by atoms with Crippen molar-refractivity contribution in [1.82, 2.24) is 9.21 Å². The molecule has 0 spiro atoms. The molecule has 0 saturated carbocycles. The Morgan fingerprint density at radius 3 is 2.76 bits per heavy atom. The lowest BCUT2D eigenvalue weighted by molar-refractivity contribution is 0.125. The molecule has 134 valence electrons. The summed E-state index contributed by atoms with van der Waals surface area (Å²) < 4.78 is 31.2. The summed E-state index contributed by atoms with van der Waals surface area (Å²) >= 11 is 0. The maximum absolute atomic E-state index is 12.0. The molecule has 3 aliphatic rings. The first-order valence-corrected chi connectivity index (χ1v) is 10.7. The van der Waals surface area contributed by atoms with E-state index in [-0.39, 0.29) is 0 Å². The second-order valence-electron chi connectivity index (χ2n) is 7.28. The van der Waals surface area contributed by atoms with Crippen LogP contribution in [-0.2, 0) is 16.6 Å². The Kier molecular flexibility index (Phi) is 4.43. The highest BCUT2D eigenvalue weighted by Crippen LogP contribution is 2.31. The van der Waals surface area contributed by atoms with Gasteiger partial charge in [-0.2, -0.15) is 0 Å². The number of nitrogens with zero attached hydrogens (tertiary/aromatic N) is 2. The minimum absolute atomic E-state index is 0.306. The van der Waals surface area contributed by atoms with E-state index in [9.17, 15) is 8.42 Å². The second-order valence-corrected chi connectivity index (χ2v) is 9.27. The Balaban J connectivity index is 1.53. The second kappa shape index (κ2) is 6.59. The zero-order valence-corrected chi connectivity index (χ0v) is 15.3. The monoisotopic (exact) mass is 360 g/mol. The van der Waals surface area contributed by atoms with Gasteiger partial charge in [-0.05, 0) is 42.5 Å². The summed E-state index contributed by atoms with van der Waals surface area (Å²) in [6.07, 6.45) is 5.22. The number of rotatable bonds is 4. The number of sulfonamides is 1. The molecule has 3 saturated heterocycles. The minimum atomic E-state index is -3.11. The lowest BCUT2D eigenvalue weighted by Crippen LogP contribution is -2.43. The van der Waals surface area contributed by atoms with Gasteiger partial charge in [0.1, 0.15) is 5.76 Å². The number of hydrogen-bond acceptors (Lipinski definition) is 4. The molecule has 0 aliphatic carbocycles. The molecule has 0 amide bonds. The summed E-state index contributed by atoms with van der Waals surface area (Å²) in [6.45, 7) is 3.11. The molecule has 5 nitrogen and oxygen atoms in total. The third-order valence-corrected chi connectivity index (χ3v) is 6.62. The van der Waals surface area contributed by atoms with Crippen molar-refractivity contribution in [1.29, 1.82) is 0 Å². The van der Waals surface area contributed by atoms with Gasteiger partial charge in [0.25, 0.3) is 0 Å². The number of fused-ring (bicyclic) bond motifs is 4. The van der Waals surface area contributed by atoms with Gasteiger partial charge in [0.2, 0.25) is 10.0 Å². The topological polar surface area (TPSA) is 53.8 Å². The Morgan fingerprint density at radius 2 is 2.00 bits per heavy atom. The van der Waals surface area contributed by atoms with Crippen molar-refractivity contribution >= 4 is 10.0 Å². The van der Waals surface area contributed by atoms with E-state index in [1.54, 1.807) is 10.6 Å². The fourth-order valence-corrected chi connectivity index (χ4v) is 5.03. The first-order valence-electron chi connectivity index (χ1n) is 8.81. The predicted octanol–water partition coefficient (Wildman–Crippen LogP) is 2.80. The molecule has 0 N–H and O–H groups in total. The van der Waals surface area contributed by atoms with Crippen LogP contribution in [0.5, 0.6) is 0 Å². The van der Waals surface area contributed by atoms with Crippen LogP contribution < -0.4 is 0 Å². The molecule has 1 aromatic carbocycles. The summed E-state index contributed by atoms with van der Waals surface area (Å²) in [6, 6.07) is 12.6. The molecule has 2 aromatic rings. The van der Waals surface area contributed by atoms with E-state index in [0.29, 0.717) is 25.0 Å². The fraction of sp³-hybridized carbons (Fsp3) is 0.474. The molecule has 1 aromatic heterocycles. The Morgan fingerprint density at radius 1 is 1.12 bits per heavy atom. The highest BCUT2D eigenvalue weighted by Gasteiger charge is 2.37. The van der Waals surface area contributed by atoms with Crippen LogP contribution in [0.2, 0.25) is 0 Å². The molecule has 3 fully saturated rings. The summed E-state index contributed by atoms with van der Waals surface area (Å²) in [7, 11) is -3.11. The highest BCUT2D eigenvalue weighted by atomic mass is 32.2.